The Hall–Kier alpha value is -1.98. The zero-order valence-electron chi connectivity index (χ0n) is 10.5. The van der Waals surface area contributed by atoms with Gasteiger partial charge in [0.25, 0.3) is 0 Å². The van der Waals surface area contributed by atoms with Gasteiger partial charge in [-0.1, -0.05) is 18.2 Å². The van der Waals surface area contributed by atoms with Gasteiger partial charge in [-0.05, 0) is 46.3 Å². The second kappa shape index (κ2) is 5.56. The first-order chi connectivity index (χ1) is 9.75. The normalized spacial score (nSPS) is 12.3. The van der Waals surface area contributed by atoms with Gasteiger partial charge < -0.3 is 5.11 Å². The second-order valence-corrected chi connectivity index (χ2v) is 5.22. The van der Waals surface area contributed by atoms with E-state index >= 15 is 0 Å². The molecule has 20 heavy (non-hydrogen) atoms. The molecule has 1 atom stereocenters. The van der Waals surface area contributed by atoms with E-state index in [9.17, 15) is 5.11 Å². The Morgan fingerprint density at radius 1 is 1.05 bits per heavy atom. The van der Waals surface area contributed by atoms with Crippen LogP contribution in [-0.2, 0) is 0 Å². The maximum atomic E-state index is 10.5. The fourth-order valence-corrected chi connectivity index (χ4v) is 2.24. The molecular formula is C15H12BrN3O. The van der Waals surface area contributed by atoms with Gasteiger partial charge in [0.1, 0.15) is 6.10 Å². The van der Waals surface area contributed by atoms with Gasteiger partial charge in [-0.25, -0.2) is 4.68 Å². The molecule has 0 saturated heterocycles. The molecule has 0 radical (unpaired) electrons. The number of hydrogen-bond acceptors (Lipinski definition) is 3. The smallest absolute Gasteiger partial charge is 0.138 e. The molecule has 0 amide bonds. The summed E-state index contributed by atoms with van der Waals surface area (Å²) < 4.78 is 2.60. The average Bonchev–Trinajstić information content (AvgIpc) is 2.97. The van der Waals surface area contributed by atoms with Gasteiger partial charge in [-0.15, -0.1) is 0 Å². The summed E-state index contributed by atoms with van der Waals surface area (Å²) >= 11 is 3.33. The first kappa shape index (κ1) is 13.0. The summed E-state index contributed by atoms with van der Waals surface area (Å²) in [6.07, 6.45) is 2.53. The molecule has 0 aliphatic rings. The lowest BCUT2D eigenvalue weighted by atomic mass is 10.1. The Kier molecular flexibility index (Phi) is 3.62. The van der Waals surface area contributed by atoms with E-state index < -0.39 is 6.10 Å². The van der Waals surface area contributed by atoms with Crippen LogP contribution >= 0.6 is 15.9 Å². The number of pyridine rings is 1. The molecule has 5 heteroatoms. The SMILES string of the molecule is OC(c1ccc(Br)cn1)c1ccnn1-c1ccccc1. The third-order valence-corrected chi connectivity index (χ3v) is 3.45. The van der Waals surface area contributed by atoms with Crippen LogP contribution in [0.25, 0.3) is 5.69 Å². The van der Waals surface area contributed by atoms with Gasteiger partial charge in [0.15, 0.2) is 0 Å². The van der Waals surface area contributed by atoms with Gasteiger partial charge in [-0.3, -0.25) is 4.98 Å². The molecule has 1 aromatic carbocycles. The van der Waals surface area contributed by atoms with E-state index in [-0.39, 0.29) is 0 Å². The Balaban J connectivity index is 1.99. The van der Waals surface area contributed by atoms with Gasteiger partial charge >= 0.3 is 0 Å². The van der Waals surface area contributed by atoms with Crippen molar-refractivity contribution < 1.29 is 5.11 Å². The van der Waals surface area contributed by atoms with Crippen molar-refractivity contribution in [3.8, 4) is 5.69 Å². The number of aromatic nitrogens is 3. The van der Waals surface area contributed by atoms with Crippen molar-refractivity contribution in [2.45, 2.75) is 6.10 Å². The highest BCUT2D eigenvalue weighted by atomic mass is 79.9. The molecule has 0 spiro atoms. The minimum Gasteiger partial charge on any atom is -0.380 e. The van der Waals surface area contributed by atoms with E-state index in [4.69, 9.17) is 0 Å². The van der Waals surface area contributed by atoms with Crippen LogP contribution in [0.2, 0.25) is 0 Å². The number of benzene rings is 1. The molecule has 0 fully saturated rings. The fraction of sp³-hybridized carbons (Fsp3) is 0.0667. The molecule has 100 valence electrons. The van der Waals surface area contributed by atoms with Gasteiger partial charge in [0, 0.05) is 16.9 Å². The van der Waals surface area contributed by atoms with Crippen molar-refractivity contribution in [3.63, 3.8) is 0 Å². The third kappa shape index (κ3) is 2.50. The van der Waals surface area contributed by atoms with Crippen molar-refractivity contribution in [2.75, 3.05) is 0 Å². The Morgan fingerprint density at radius 2 is 1.85 bits per heavy atom. The van der Waals surface area contributed by atoms with Gasteiger partial charge in [0.2, 0.25) is 0 Å². The molecule has 2 heterocycles. The van der Waals surface area contributed by atoms with Crippen LogP contribution in [0.4, 0.5) is 0 Å². The molecule has 0 aliphatic heterocycles. The summed E-state index contributed by atoms with van der Waals surface area (Å²) in [7, 11) is 0. The summed E-state index contributed by atoms with van der Waals surface area (Å²) in [6.45, 7) is 0. The summed E-state index contributed by atoms with van der Waals surface area (Å²) in [4.78, 5) is 4.23. The zero-order valence-corrected chi connectivity index (χ0v) is 12.1. The van der Waals surface area contributed by atoms with Crippen molar-refractivity contribution >= 4 is 15.9 Å². The van der Waals surface area contributed by atoms with Crippen LogP contribution in [0, 0.1) is 0 Å². The predicted octanol–water partition coefficient (Wildman–Crippen LogP) is 3.11. The number of nitrogens with zero attached hydrogens (tertiary/aromatic N) is 3. The van der Waals surface area contributed by atoms with Crippen molar-refractivity contribution in [1.29, 1.82) is 0 Å². The minimum absolute atomic E-state index is 0.589. The molecule has 3 rings (SSSR count). The number of aliphatic hydroxyl groups excluding tert-OH is 1. The molecule has 0 aliphatic carbocycles. The molecule has 0 bridgehead atoms. The van der Waals surface area contributed by atoms with Gasteiger partial charge in [0.05, 0.1) is 17.1 Å². The van der Waals surface area contributed by atoms with Crippen LogP contribution in [0.3, 0.4) is 0 Å². The van der Waals surface area contributed by atoms with E-state index in [1.54, 1.807) is 29.2 Å². The van der Waals surface area contributed by atoms with E-state index in [2.05, 4.69) is 26.0 Å². The minimum atomic E-state index is -0.814. The average molecular weight is 330 g/mol. The lowest BCUT2D eigenvalue weighted by Gasteiger charge is -2.13. The lowest BCUT2D eigenvalue weighted by Crippen LogP contribution is -2.09. The van der Waals surface area contributed by atoms with Crippen molar-refractivity contribution in [3.05, 3.63) is 76.8 Å². The first-order valence-electron chi connectivity index (χ1n) is 6.14. The number of hydrogen-bond donors (Lipinski definition) is 1. The summed E-state index contributed by atoms with van der Waals surface area (Å²) in [6, 6.07) is 15.1. The van der Waals surface area contributed by atoms with Gasteiger partial charge in [-0.2, -0.15) is 5.10 Å². The predicted molar refractivity (Wildman–Crippen MR) is 79.6 cm³/mol. The molecule has 2 aromatic heterocycles. The molecule has 1 unspecified atom stereocenters. The number of para-hydroxylation sites is 1. The number of rotatable bonds is 3. The first-order valence-corrected chi connectivity index (χ1v) is 6.94. The highest BCUT2D eigenvalue weighted by Crippen LogP contribution is 2.23. The van der Waals surface area contributed by atoms with Crippen LogP contribution in [0.1, 0.15) is 17.5 Å². The largest absolute Gasteiger partial charge is 0.380 e. The number of aliphatic hydroxyl groups is 1. The maximum Gasteiger partial charge on any atom is 0.138 e. The molecule has 0 saturated carbocycles. The maximum absolute atomic E-state index is 10.5. The van der Waals surface area contributed by atoms with E-state index in [0.29, 0.717) is 11.4 Å². The molecule has 3 aromatic rings. The van der Waals surface area contributed by atoms with Crippen molar-refractivity contribution in [1.82, 2.24) is 14.8 Å². The van der Waals surface area contributed by atoms with Crippen molar-refractivity contribution in [2.24, 2.45) is 0 Å². The summed E-state index contributed by atoms with van der Waals surface area (Å²) in [5, 5.41) is 14.7. The number of halogens is 1. The highest BCUT2D eigenvalue weighted by Gasteiger charge is 2.17. The Bertz CT molecular complexity index is 695. The van der Waals surface area contributed by atoms with Crippen LogP contribution in [0.15, 0.2) is 65.4 Å². The van der Waals surface area contributed by atoms with Crippen LogP contribution in [-0.4, -0.2) is 19.9 Å². The lowest BCUT2D eigenvalue weighted by molar-refractivity contribution is 0.207. The van der Waals surface area contributed by atoms with E-state index in [1.165, 1.54) is 0 Å². The molecule has 1 N–H and O–H groups in total. The quantitative estimate of drug-likeness (QED) is 0.803. The second-order valence-electron chi connectivity index (χ2n) is 4.31. The summed E-state index contributed by atoms with van der Waals surface area (Å²) in [5.41, 5.74) is 2.18. The topological polar surface area (TPSA) is 50.9 Å². The fourth-order valence-electron chi connectivity index (χ4n) is 2.01. The third-order valence-electron chi connectivity index (χ3n) is 2.98. The highest BCUT2D eigenvalue weighted by molar-refractivity contribution is 9.10. The van der Waals surface area contributed by atoms with Crippen LogP contribution in [0.5, 0.6) is 0 Å². The Morgan fingerprint density at radius 3 is 2.55 bits per heavy atom. The van der Waals surface area contributed by atoms with E-state index in [0.717, 1.165) is 10.2 Å². The molecule has 4 nitrogen and oxygen atoms in total. The molecular weight excluding hydrogens is 318 g/mol. The monoisotopic (exact) mass is 329 g/mol. The zero-order chi connectivity index (χ0) is 13.9. The Labute approximate surface area is 124 Å². The summed E-state index contributed by atoms with van der Waals surface area (Å²) in [5.74, 6) is 0. The van der Waals surface area contributed by atoms with E-state index in [1.807, 2.05) is 36.4 Å². The van der Waals surface area contributed by atoms with Crippen LogP contribution < -0.4 is 0 Å². The standard InChI is InChI=1S/C15H12BrN3O/c16-11-6-7-13(17-10-11)15(20)14-8-9-18-19(14)12-4-2-1-3-5-12/h1-10,15,20H.